The summed E-state index contributed by atoms with van der Waals surface area (Å²) in [6.45, 7) is 1.91. The lowest BCUT2D eigenvalue weighted by Crippen LogP contribution is -2.28. The Bertz CT molecular complexity index is 309. The maximum atomic E-state index is 9.69. The number of aliphatic hydroxyl groups excluding tert-OH is 1. The summed E-state index contributed by atoms with van der Waals surface area (Å²) < 4.78 is 5.03. The fraction of sp³-hybridized carbons (Fsp3) is 0.778. The lowest BCUT2D eigenvalue weighted by Gasteiger charge is -2.12. The first-order valence-corrected chi connectivity index (χ1v) is 4.99. The van der Waals surface area contributed by atoms with E-state index < -0.39 is 6.10 Å². The van der Waals surface area contributed by atoms with E-state index in [2.05, 4.69) is 10.1 Å². The van der Waals surface area contributed by atoms with E-state index in [0.29, 0.717) is 24.1 Å². The minimum Gasteiger partial charge on any atom is -0.383 e. The van der Waals surface area contributed by atoms with Crippen LogP contribution < -0.4 is 5.73 Å². The van der Waals surface area contributed by atoms with Crippen LogP contribution in [0.2, 0.25) is 0 Å². The number of nitrogens with two attached hydrogens (primary N) is 1. The standard InChI is InChI=1S/C9H15N3O2/c1-2-6(10)7(13)8-11-9(14-12-8)5-3-4-5/h5-7,13H,2-4,10H2,1H3. The minimum absolute atomic E-state index is 0.320. The van der Waals surface area contributed by atoms with E-state index in [9.17, 15) is 5.11 Å². The summed E-state index contributed by atoms with van der Waals surface area (Å²) in [5.41, 5.74) is 5.68. The van der Waals surface area contributed by atoms with Gasteiger partial charge in [0.05, 0.1) is 0 Å². The van der Waals surface area contributed by atoms with Crippen molar-refractivity contribution in [2.75, 3.05) is 0 Å². The summed E-state index contributed by atoms with van der Waals surface area (Å²) in [5.74, 6) is 1.38. The summed E-state index contributed by atoms with van der Waals surface area (Å²) in [7, 11) is 0. The molecule has 2 unspecified atom stereocenters. The van der Waals surface area contributed by atoms with Crippen LogP contribution in [-0.2, 0) is 0 Å². The first-order valence-electron chi connectivity index (χ1n) is 4.99. The number of aromatic nitrogens is 2. The zero-order valence-electron chi connectivity index (χ0n) is 8.18. The van der Waals surface area contributed by atoms with Crippen molar-refractivity contribution in [3.8, 4) is 0 Å². The molecule has 1 saturated carbocycles. The van der Waals surface area contributed by atoms with Crippen LogP contribution in [0.25, 0.3) is 0 Å². The summed E-state index contributed by atoms with van der Waals surface area (Å²) in [4.78, 5) is 4.13. The van der Waals surface area contributed by atoms with Crippen molar-refractivity contribution in [1.82, 2.24) is 10.1 Å². The lowest BCUT2D eigenvalue weighted by atomic mass is 10.1. The summed E-state index contributed by atoms with van der Waals surface area (Å²) >= 11 is 0. The average molecular weight is 197 g/mol. The van der Waals surface area contributed by atoms with Gasteiger partial charge in [-0.3, -0.25) is 0 Å². The largest absolute Gasteiger partial charge is 0.383 e. The van der Waals surface area contributed by atoms with Crippen LogP contribution in [0.4, 0.5) is 0 Å². The van der Waals surface area contributed by atoms with Crippen LogP contribution >= 0.6 is 0 Å². The van der Waals surface area contributed by atoms with E-state index in [1.54, 1.807) is 0 Å². The summed E-state index contributed by atoms with van der Waals surface area (Å²) in [5, 5.41) is 13.4. The smallest absolute Gasteiger partial charge is 0.229 e. The number of aliphatic hydroxyl groups is 1. The first kappa shape index (κ1) is 9.61. The van der Waals surface area contributed by atoms with Crippen LogP contribution in [0.1, 0.15) is 49.9 Å². The highest BCUT2D eigenvalue weighted by Crippen LogP contribution is 2.39. The molecule has 0 aliphatic heterocycles. The van der Waals surface area contributed by atoms with E-state index >= 15 is 0 Å². The van der Waals surface area contributed by atoms with E-state index in [0.717, 1.165) is 12.8 Å². The van der Waals surface area contributed by atoms with E-state index in [1.165, 1.54) is 0 Å². The van der Waals surface area contributed by atoms with Crippen molar-refractivity contribution in [2.45, 2.75) is 44.2 Å². The molecule has 2 atom stereocenters. The molecule has 3 N–H and O–H groups in total. The molecular weight excluding hydrogens is 182 g/mol. The molecule has 1 aromatic rings. The summed E-state index contributed by atoms with van der Waals surface area (Å²) in [6, 6.07) is -0.320. The van der Waals surface area contributed by atoms with Crippen LogP contribution in [0.15, 0.2) is 4.52 Å². The third-order valence-corrected chi connectivity index (χ3v) is 2.53. The SMILES string of the molecule is CCC(N)C(O)c1noc(C2CC2)n1. The van der Waals surface area contributed by atoms with Gasteiger partial charge in [-0.1, -0.05) is 12.1 Å². The Morgan fingerprint density at radius 1 is 1.64 bits per heavy atom. The topological polar surface area (TPSA) is 85.2 Å². The molecule has 1 aliphatic rings. The molecule has 2 rings (SSSR count). The second kappa shape index (κ2) is 3.67. The Morgan fingerprint density at radius 2 is 2.36 bits per heavy atom. The van der Waals surface area contributed by atoms with Gasteiger partial charge in [0.15, 0.2) is 0 Å². The van der Waals surface area contributed by atoms with Crippen LogP contribution in [-0.4, -0.2) is 21.3 Å². The van der Waals surface area contributed by atoms with Gasteiger partial charge < -0.3 is 15.4 Å². The highest BCUT2D eigenvalue weighted by atomic mass is 16.5. The number of nitrogens with zero attached hydrogens (tertiary/aromatic N) is 2. The Kier molecular flexibility index (Phi) is 2.52. The molecule has 0 spiro atoms. The molecular formula is C9H15N3O2. The average Bonchev–Trinajstić information content (AvgIpc) is 2.94. The van der Waals surface area contributed by atoms with Gasteiger partial charge in [0.2, 0.25) is 11.7 Å². The summed E-state index contributed by atoms with van der Waals surface area (Å²) in [6.07, 6.45) is 2.10. The van der Waals surface area contributed by atoms with Gasteiger partial charge in [0, 0.05) is 12.0 Å². The highest BCUT2D eigenvalue weighted by Gasteiger charge is 2.31. The second-order valence-electron chi connectivity index (χ2n) is 3.78. The van der Waals surface area contributed by atoms with Crippen molar-refractivity contribution in [1.29, 1.82) is 0 Å². The van der Waals surface area contributed by atoms with Crippen LogP contribution in [0, 0.1) is 0 Å². The van der Waals surface area contributed by atoms with Gasteiger partial charge in [0.1, 0.15) is 6.10 Å². The fourth-order valence-electron chi connectivity index (χ4n) is 1.28. The minimum atomic E-state index is -0.809. The molecule has 0 saturated heterocycles. The predicted octanol–water partition coefficient (Wildman–Crippen LogP) is 0.718. The van der Waals surface area contributed by atoms with Gasteiger partial charge in [-0.2, -0.15) is 4.98 Å². The van der Waals surface area contributed by atoms with Crippen molar-refractivity contribution < 1.29 is 9.63 Å². The van der Waals surface area contributed by atoms with Gasteiger partial charge in [-0.15, -0.1) is 0 Å². The zero-order valence-corrected chi connectivity index (χ0v) is 8.18. The number of rotatable bonds is 4. The normalized spacial score (nSPS) is 20.8. The van der Waals surface area contributed by atoms with E-state index in [1.807, 2.05) is 6.92 Å². The van der Waals surface area contributed by atoms with Gasteiger partial charge in [-0.05, 0) is 19.3 Å². The maximum absolute atomic E-state index is 9.69. The Morgan fingerprint density at radius 3 is 2.93 bits per heavy atom. The Hall–Kier alpha value is -0.940. The van der Waals surface area contributed by atoms with Crippen molar-refractivity contribution in [3.05, 3.63) is 11.7 Å². The van der Waals surface area contributed by atoms with Gasteiger partial charge in [0.25, 0.3) is 0 Å². The quantitative estimate of drug-likeness (QED) is 0.742. The Labute approximate surface area is 82.3 Å². The molecule has 0 bridgehead atoms. The molecule has 0 radical (unpaired) electrons. The molecule has 78 valence electrons. The third-order valence-electron chi connectivity index (χ3n) is 2.53. The van der Waals surface area contributed by atoms with E-state index in [-0.39, 0.29) is 6.04 Å². The molecule has 0 amide bonds. The zero-order chi connectivity index (χ0) is 10.1. The van der Waals surface area contributed by atoms with Crippen LogP contribution in [0.3, 0.4) is 0 Å². The number of hydrogen-bond acceptors (Lipinski definition) is 5. The molecule has 0 aromatic carbocycles. The number of hydrogen-bond donors (Lipinski definition) is 2. The van der Waals surface area contributed by atoms with Crippen molar-refractivity contribution in [2.24, 2.45) is 5.73 Å². The molecule has 1 aliphatic carbocycles. The molecule has 5 heteroatoms. The van der Waals surface area contributed by atoms with Gasteiger partial charge in [-0.25, -0.2) is 0 Å². The highest BCUT2D eigenvalue weighted by molar-refractivity contribution is 5.03. The fourth-order valence-corrected chi connectivity index (χ4v) is 1.28. The third kappa shape index (κ3) is 1.78. The molecule has 5 nitrogen and oxygen atoms in total. The lowest BCUT2D eigenvalue weighted by molar-refractivity contribution is 0.132. The van der Waals surface area contributed by atoms with Crippen molar-refractivity contribution in [3.63, 3.8) is 0 Å². The Balaban J connectivity index is 2.07. The molecule has 1 fully saturated rings. The van der Waals surface area contributed by atoms with Gasteiger partial charge >= 0.3 is 0 Å². The van der Waals surface area contributed by atoms with Crippen molar-refractivity contribution >= 4 is 0 Å². The molecule has 1 heterocycles. The predicted molar refractivity (Wildman–Crippen MR) is 49.5 cm³/mol. The first-order chi connectivity index (χ1) is 6.72. The molecule has 1 aromatic heterocycles. The maximum Gasteiger partial charge on any atom is 0.229 e. The monoisotopic (exact) mass is 197 g/mol. The van der Waals surface area contributed by atoms with E-state index in [4.69, 9.17) is 10.3 Å². The van der Waals surface area contributed by atoms with Crippen LogP contribution in [0.5, 0.6) is 0 Å². The molecule has 14 heavy (non-hydrogen) atoms. The second-order valence-corrected chi connectivity index (χ2v) is 3.78.